The molecule has 0 fully saturated rings. The van der Waals surface area contributed by atoms with Gasteiger partial charge in [-0.05, 0) is 19.4 Å². The monoisotopic (exact) mass is 279 g/mol. The third-order valence-corrected chi connectivity index (χ3v) is 2.91. The Labute approximate surface area is 108 Å². The van der Waals surface area contributed by atoms with Gasteiger partial charge in [0.05, 0.1) is 6.61 Å². The minimum Gasteiger partial charge on any atom is -0.480 e. The van der Waals surface area contributed by atoms with Gasteiger partial charge in [0.15, 0.2) is 0 Å². The Bertz CT molecular complexity index is 289. The molecule has 0 aliphatic heterocycles. The minimum absolute atomic E-state index is 0.160. The topological polar surface area (TPSA) is 142 Å². The number of aliphatic hydroxyl groups is 1. The summed E-state index contributed by atoms with van der Waals surface area (Å²) in [6.07, 6.45) is 1.01. The van der Waals surface area contributed by atoms with Crippen molar-refractivity contribution in [1.82, 2.24) is 5.32 Å². The van der Waals surface area contributed by atoms with Gasteiger partial charge in [-0.1, -0.05) is 0 Å². The van der Waals surface area contributed by atoms with Crippen LogP contribution < -0.4 is 11.1 Å². The van der Waals surface area contributed by atoms with Gasteiger partial charge in [-0.15, -0.1) is 4.91 Å². The molecule has 0 spiro atoms. The molecule has 0 unspecified atom stereocenters. The van der Waals surface area contributed by atoms with Gasteiger partial charge in [0.25, 0.3) is 0 Å². The van der Waals surface area contributed by atoms with Crippen molar-refractivity contribution in [2.75, 3.05) is 18.9 Å². The highest BCUT2D eigenvalue weighted by Crippen LogP contribution is 2.15. The van der Waals surface area contributed by atoms with Crippen molar-refractivity contribution in [3.05, 3.63) is 4.91 Å². The standard InChI is InChI=1S/C9H17N3O5S/c10-3-1-2-6(5-18-12-17)8(14)11-7(4-13)9(15)16/h6-7,13H,1-5,10H2,(H,11,14)(H,15,16)/t6-,7+/m1/s1. The normalized spacial score (nSPS) is 13.7. The Balaban J connectivity index is 4.42. The van der Waals surface area contributed by atoms with Crippen LogP contribution >= 0.6 is 11.9 Å². The third-order valence-electron chi connectivity index (χ3n) is 2.25. The summed E-state index contributed by atoms with van der Waals surface area (Å²) in [5.41, 5.74) is 5.32. The predicted octanol–water partition coefficient (Wildman–Crippen LogP) is -0.682. The van der Waals surface area contributed by atoms with Crippen LogP contribution in [0.2, 0.25) is 0 Å². The van der Waals surface area contributed by atoms with E-state index in [2.05, 4.69) is 9.90 Å². The molecule has 9 heteroatoms. The van der Waals surface area contributed by atoms with Crippen molar-refractivity contribution in [2.45, 2.75) is 18.9 Å². The lowest BCUT2D eigenvalue weighted by molar-refractivity contribution is -0.143. The van der Waals surface area contributed by atoms with Crippen molar-refractivity contribution in [3.8, 4) is 0 Å². The Hall–Kier alpha value is -1.19. The molecule has 0 aromatic carbocycles. The van der Waals surface area contributed by atoms with E-state index >= 15 is 0 Å². The number of nitrogens with one attached hydrogen (secondary N) is 1. The van der Waals surface area contributed by atoms with Gasteiger partial charge in [-0.25, -0.2) is 4.79 Å². The molecule has 104 valence electrons. The van der Waals surface area contributed by atoms with Crippen molar-refractivity contribution in [3.63, 3.8) is 0 Å². The third kappa shape index (κ3) is 6.52. The summed E-state index contributed by atoms with van der Waals surface area (Å²) >= 11 is 0.696. The van der Waals surface area contributed by atoms with Crippen LogP contribution in [0, 0.1) is 10.8 Å². The fraction of sp³-hybridized carbons (Fsp3) is 0.778. The summed E-state index contributed by atoms with van der Waals surface area (Å²) in [5, 5.41) is 19.7. The molecular weight excluding hydrogens is 262 g/mol. The second-order valence-electron chi connectivity index (χ2n) is 3.58. The Morgan fingerprint density at radius 1 is 1.44 bits per heavy atom. The molecule has 0 aliphatic rings. The number of carbonyl (C=O) groups excluding carboxylic acids is 1. The molecule has 0 aliphatic carbocycles. The number of nitroso groups, excluding NO2 is 1. The van der Waals surface area contributed by atoms with Crippen LogP contribution in [-0.2, 0) is 9.59 Å². The van der Waals surface area contributed by atoms with Crippen molar-refractivity contribution >= 4 is 23.8 Å². The molecule has 0 heterocycles. The number of carboxylic acids is 1. The van der Waals surface area contributed by atoms with Crippen molar-refractivity contribution in [2.24, 2.45) is 16.2 Å². The van der Waals surface area contributed by atoms with Crippen LogP contribution in [0.1, 0.15) is 12.8 Å². The lowest BCUT2D eigenvalue weighted by Crippen LogP contribution is -2.46. The number of nitrogens with two attached hydrogens (primary N) is 1. The Morgan fingerprint density at radius 2 is 2.11 bits per heavy atom. The van der Waals surface area contributed by atoms with Gasteiger partial charge in [0, 0.05) is 28.2 Å². The van der Waals surface area contributed by atoms with Crippen LogP contribution in [0.15, 0.2) is 4.58 Å². The lowest BCUT2D eigenvalue weighted by Gasteiger charge is -2.17. The number of hydrogen-bond acceptors (Lipinski definition) is 7. The first kappa shape index (κ1) is 16.8. The zero-order chi connectivity index (χ0) is 14.0. The van der Waals surface area contributed by atoms with Crippen LogP contribution in [0.4, 0.5) is 0 Å². The Morgan fingerprint density at radius 3 is 2.56 bits per heavy atom. The highest BCUT2D eigenvalue weighted by molar-refractivity contribution is 7.97. The Kier molecular flexibility index (Phi) is 9.15. The van der Waals surface area contributed by atoms with E-state index in [9.17, 15) is 14.5 Å². The number of carboxylic acid groups (broad SMARTS) is 1. The fourth-order valence-electron chi connectivity index (χ4n) is 1.25. The molecule has 0 saturated carbocycles. The number of rotatable bonds is 10. The summed E-state index contributed by atoms with van der Waals surface area (Å²) in [4.78, 5) is 32.4. The maximum absolute atomic E-state index is 11.7. The molecule has 0 rings (SSSR count). The smallest absolute Gasteiger partial charge is 0.328 e. The van der Waals surface area contributed by atoms with Gasteiger partial charge in [0.2, 0.25) is 5.91 Å². The van der Waals surface area contributed by atoms with Gasteiger partial charge < -0.3 is 21.3 Å². The lowest BCUT2D eigenvalue weighted by atomic mass is 10.0. The number of aliphatic carboxylic acids is 1. The maximum atomic E-state index is 11.7. The molecule has 0 aromatic heterocycles. The summed E-state index contributed by atoms with van der Waals surface area (Å²) in [5.74, 6) is -2.23. The van der Waals surface area contributed by atoms with Crippen molar-refractivity contribution < 1.29 is 19.8 Å². The van der Waals surface area contributed by atoms with Gasteiger partial charge in [0.1, 0.15) is 6.04 Å². The largest absolute Gasteiger partial charge is 0.480 e. The molecule has 5 N–H and O–H groups in total. The highest BCUT2D eigenvalue weighted by Gasteiger charge is 2.24. The van der Waals surface area contributed by atoms with E-state index < -0.39 is 30.4 Å². The van der Waals surface area contributed by atoms with Crippen LogP contribution in [0.3, 0.4) is 0 Å². The zero-order valence-corrected chi connectivity index (χ0v) is 10.6. The second kappa shape index (κ2) is 9.80. The fourth-order valence-corrected chi connectivity index (χ4v) is 1.81. The van der Waals surface area contributed by atoms with Crippen LogP contribution in [-0.4, -0.2) is 47.0 Å². The molecular formula is C9H17N3O5S. The second-order valence-corrected chi connectivity index (χ2v) is 4.32. The van der Waals surface area contributed by atoms with Crippen molar-refractivity contribution in [1.29, 1.82) is 0 Å². The van der Waals surface area contributed by atoms with E-state index in [4.69, 9.17) is 15.9 Å². The summed E-state index contributed by atoms with van der Waals surface area (Å²) in [7, 11) is 0. The first-order chi connectivity index (χ1) is 8.56. The minimum atomic E-state index is -1.34. The van der Waals surface area contributed by atoms with Gasteiger partial charge in [-0.2, -0.15) is 0 Å². The van der Waals surface area contributed by atoms with E-state index in [1.807, 2.05) is 0 Å². The average molecular weight is 279 g/mol. The number of hydrogen-bond donors (Lipinski definition) is 4. The molecule has 0 radical (unpaired) electrons. The van der Waals surface area contributed by atoms with E-state index in [1.54, 1.807) is 0 Å². The van der Waals surface area contributed by atoms with Gasteiger partial charge >= 0.3 is 5.97 Å². The number of nitrogens with zero attached hydrogens (tertiary/aromatic N) is 1. The maximum Gasteiger partial charge on any atom is 0.328 e. The van der Waals surface area contributed by atoms with E-state index in [0.29, 0.717) is 31.3 Å². The van der Waals surface area contributed by atoms with E-state index in [0.717, 1.165) is 0 Å². The zero-order valence-electron chi connectivity index (χ0n) is 9.74. The predicted molar refractivity (Wildman–Crippen MR) is 66.7 cm³/mol. The first-order valence-corrected chi connectivity index (χ1v) is 6.29. The number of aliphatic hydroxyl groups excluding tert-OH is 1. The molecule has 0 saturated heterocycles. The average Bonchev–Trinajstić information content (AvgIpc) is 2.35. The summed E-state index contributed by atoms with van der Waals surface area (Å²) in [6.45, 7) is -0.297. The number of amides is 1. The quantitative estimate of drug-likeness (QED) is 0.306. The molecule has 1 amide bonds. The molecule has 0 bridgehead atoms. The highest BCUT2D eigenvalue weighted by atomic mass is 32.2. The summed E-state index contributed by atoms with van der Waals surface area (Å²) < 4.78 is 2.59. The van der Waals surface area contributed by atoms with Crippen LogP contribution in [0.25, 0.3) is 0 Å². The number of carbonyl (C=O) groups is 2. The SMILES string of the molecule is NCCC[C@H](CSN=O)C(=O)N[C@@H](CO)C(=O)O. The molecule has 8 nitrogen and oxygen atoms in total. The molecule has 0 aromatic rings. The summed E-state index contributed by atoms with van der Waals surface area (Å²) in [6, 6.07) is -1.34. The molecule has 2 atom stereocenters. The van der Waals surface area contributed by atoms with Gasteiger partial charge in [-0.3, -0.25) is 4.79 Å². The first-order valence-electron chi connectivity index (χ1n) is 5.35. The van der Waals surface area contributed by atoms with Crippen LogP contribution in [0.5, 0.6) is 0 Å². The van der Waals surface area contributed by atoms with E-state index in [-0.39, 0.29) is 5.75 Å². The van der Waals surface area contributed by atoms with E-state index in [1.165, 1.54) is 0 Å². The molecule has 18 heavy (non-hydrogen) atoms.